The van der Waals surface area contributed by atoms with Crippen LogP contribution in [-0.2, 0) is 23.8 Å². The van der Waals surface area contributed by atoms with Gasteiger partial charge < -0.3 is 14.7 Å². The van der Waals surface area contributed by atoms with Crippen molar-refractivity contribution in [2.24, 2.45) is 11.7 Å². The number of hydrogen-bond donors (Lipinski definition) is 1. The van der Waals surface area contributed by atoms with Crippen molar-refractivity contribution in [3.8, 4) is 0 Å². The third kappa shape index (κ3) is 3.72. The van der Waals surface area contributed by atoms with Gasteiger partial charge in [-0.2, -0.15) is 8.42 Å². The van der Waals surface area contributed by atoms with E-state index in [9.17, 15) is 13.2 Å². The average Bonchev–Trinajstić information content (AvgIpc) is 2.62. The number of rotatable bonds is 5. The summed E-state index contributed by atoms with van der Waals surface area (Å²) in [5.74, 6) is -2.67. The van der Waals surface area contributed by atoms with Gasteiger partial charge in [-0.3, -0.25) is 4.79 Å². The van der Waals surface area contributed by atoms with Crippen molar-refractivity contribution < 1.29 is 23.5 Å². The molecule has 0 radical (unpaired) electrons. The Morgan fingerprint density at radius 1 is 1.41 bits per heavy atom. The summed E-state index contributed by atoms with van der Waals surface area (Å²) in [6.45, 7) is 3.38. The highest BCUT2D eigenvalue weighted by atomic mass is 35.5. The highest BCUT2D eigenvalue weighted by Crippen LogP contribution is 2.32. The molecule has 1 atom stereocenters. The fraction of sp³-hybridized carbons (Fsp3) is 0.357. The lowest BCUT2D eigenvalue weighted by Gasteiger charge is -2.10. The first kappa shape index (κ1) is 15.2. The van der Waals surface area contributed by atoms with E-state index < -0.39 is 33.6 Å². The molecule has 1 aromatic carbocycles. The van der Waals surface area contributed by atoms with Crippen LogP contribution in [0.2, 0.25) is 5.02 Å². The Balaban J connectivity index is 2.30. The fourth-order valence-corrected chi connectivity index (χ4v) is 3.28. The predicted molar refractivity (Wildman–Crippen MR) is 81.2 cm³/mol. The Bertz CT molecular complexity index is 760. The first-order valence-electron chi connectivity index (χ1n) is 6.97. The normalized spacial score (nSPS) is 22.7. The first-order valence-corrected chi connectivity index (χ1v) is 8.42. The Morgan fingerprint density at radius 3 is 2.55 bits per heavy atom. The molecule has 1 aliphatic rings. The summed E-state index contributed by atoms with van der Waals surface area (Å²) in [4.78, 5) is 12.4. The van der Waals surface area contributed by atoms with Gasteiger partial charge in [-0.25, -0.2) is 0 Å². The van der Waals surface area contributed by atoms with E-state index in [0.717, 1.165) is 0 Å². The Labute approximate surface area is 135 Å². The van der Waals surface area contributed by atoms with Gasteiger partial charge >= 0.3 is 10.1 Å². The highest BCUT2D eigenvalue weighted by molar-refractivity contribution is 7.86. The zero-order valence-corrected chi connectivity index (χ0v) is 13.6. The van der Waals surface area contributed by atoms with Crippen molar-refractivity contribution in [1.29, 1.82) is 0 Å². The number of nitrogens with two attached hydrogens (primary N) is 1. The summed E-state index contributed by atoms with van der Waals surface area (Å²) >= 11 is 5.77. The van der Waals surface area contributed by atoms with Crippen molar-refractivity contribution in [3.05, 3.63) is 46.5 Å². The number of Topliss-reactive ketones (excluding diaryl/α,β-unsaturated/α-hetero) is 1. The molecule has 1 aromatic rings. The van der Waals surface area contributed by atoms with E-state index in [1.165, 1.54) is 24.3 Å². The summed E-state index contributed by atoms with van der Waals surface area (Å²) in [6.07, 6.45) is -2.20. The maximum absolute atomic E-state index is 12.4. The van der Waals surface area contributed by atoms with Gasteiger partial charge in [-0.05, 0) is 18.1 Å². The second-order valence-electron chi connectivity index (χ2n) is 5.16. The van der Waals surface area contributed by atoms with Crippen molar-refractivity contribution >= 4 is 27.5 Å². The van der Waals surface area contributed by atoms with Crippen LogP contribution in [0.3, 0.4) is 0 Å². The van der Waals surface area contributed by atoms with E-state index in [4.69, 9.17) is 27.6 Å². The smallest absolute Gasteiger partial charge is 0.309 e. The van der Waals surface area contributed by atoms with E-state index in [2.05, 4.69) is 0 Å². The molecule has 8 heteroatoms. The largest absolute Gasteiger partial charge is 0.460 e. The van der Waals surface area contributed by atoms with Gasteiger partial charge in [0, 0.05) is 10.6 Å². The molecule has 120 valence electrons. The molecule has 0 bridgehead atoms. The monoisotopic (exact) mass is 346 g/mol. The van der Waals surface area contributed by atoms with E-state index >= 15 is 0 Å². The van der Waals surface area contributed by atoms with E-state index in [1.54, 1.807) is 13.8 Å². The zero-order valence-electron chi connectivity index (χ0n) is 13.0. The molecule has 22 heavy (non-hydrogen) atoms. The van der Waals surface area contributed by atoms with Crippen LogP contribution in [-0.4, -0.2) is 20.0 Å². The lowest BCUT2D eigenvalue weighted by atomic mass is 10.1. The minimum atomic E-state index is -4.01. The number of carbonyl (C=O) groups excluding carboxylic acids is 1. The van der Waals surface area contributed by atoms with E-state index in [-0.39, 0.29) is 17.2 Å². The van der Waals surface area contributed by atoms with Crippen molar-refractivity contribution in [1.82, 2.24) is 0 Å². The summed E-state index contributed by atoms with van der Waals surface area (Å²) in [7, 11) is -4.01. The minimum absolute atomic E-state index is 0.162. The molecule has 0 amide bonds. The summed E-state index contributed by atoms with van der Waals surface area (Å²) in [5.41, 5.74) is 5.71. The minimum Gasteiger partial charge on any atom is -0.460 e. The number of ether oxygens (including phenoxy) is 1. The van der Waals surface area contributed by atoms with Crippen LogP contribution in [0.1, 0.15) is 26.9 Å². The molecular weight excluding hydrogens is 330 g/mol. The number of benzene rings is 1. The average molecular weight is 347 g/mol. The van der Waals surface area contributed by atoms with Gasteiger partial charge in [0.1, 0.15) is 0 Å². The third-order valence-electron chi connectivity index (χ3n) is 2.70. The van der Waals surface area contributed by atoms with Crippen molar-refractivity contribution in [2.45, 2.75) is 19.9 Å². The molecule has 0 saturated heterocycles. The Kier molecular flexibility index (Phi) is 4.26. The molecule has 0 aromatic heterocycles. The number of halogens is 1. The van der Waals surface area contributed by atoms with E-state index in [0.29, 0.717) is 5.02 Å². The van der Waals surface area contributed by atoms with Crippen LogP contribution in [0.4, 0.5) is 0 Å². The predicted octanol–water partition coefficient (Wildman–Crippen LogP) is 2.11. The first-order chi connectivity index (χ1) is 10.5. The quantitative estimate of drug-likeness (QED) is 0.820. The Morgan fingerprint density at radius 2 is 2.00 bits per heavy atom. The second kappa shape index (κ2) is 6.18. The number of ketones is 1. The molecule has 0 fully saturated rings. The topological polar surface area (TPSA) is 95.7 Å². The van der Waals surface area contributed by atoms with Crippen LogP contribution in [0.5, 0.6) is 0 Å². The van der Waals surface area contributed by atoms with Crippen LogP contribution in [0.25, 0.3) is 0 Å². The van der Waals surface area contributed by atoms with Gasteiger partial charge in [0.15, 0.2) is 6.08 Å². The lowest BCUT2D eigenvalue weighted by molar-refractivity contribution is -0.123. The van der Waals surface area contributed by atoms with Gasteiger partial charge in [0.25, 0.3) is 0 Å². The van der Waals surface area contributed by atoms with Crippen LogP contribution in [0, 0.1) is 5.92 Å². The van der Waals surface area contributed by atoms with Crippen LogP contribution < -0.4 is 5.73 Å². The standard InChI is InChI=1S/C14H16ClNO5S/c1-8(2)7-22(18,19)21-13-11(17)12(20-14(13)16)9-3-5-10(15)6-4-9/h3-6,8,12H,7,16H2,1-2H3/t12-/m0/s1/i12D. The third-order valence-corrected chi connectivity index (χ3v) is 4.45. The summed E-state index contributed by atoms with van der Waals surface area (Å²) in [6, 6.07) is 5.81. The molecule has 0 saturated carbocycles. The van der Waals surface area contributed by atoms with Crippen LogP contribution in [0.15, 0.2) is 35.9 Å². The van der Waals surface area contributed by atoms with Gasteiger partial charge in [0.2, 0.25) is 17.4 Å². The lowest BCUT2D eigenvalue weighted by Crippen LogP contribution is -2.19. The SMILES string of the molecule is [2H][C@@]1(c2ccc(Cl)cc2)OC(N)=C(OS(=O)(=O)CC(C)C)C1=O. The molecule has 0 aliphatic carbocycles. The summed E-state index contributed by atoms with van der Waals surface area (Å²) < 4.78 is 41.8. The Hall–Kier alpha value is -1.73. The van der Waals surface area contributed by atoms with Gasteiger partial charge in [-0.1, -0.05) is 37.6 Å². The number of carbonyl (C=O) groups is 1. The van der Waals surface area contributed by atoms with Gasteiger partial charge in [-0.15, -0.1) is 0 Å². The molecule has 0 unspecified atom stereocenters. The zero-order chi connectivity index (χ0) is 17.4. The molecule has 0 spiro atoms. The molecule has 6 nitrogen and oxygen atoms in total. The molecular formula is C14H16ClNO5S. The van der Waals surface area contributed by atoms with Crippen molar-refractivity contribution in [2.75, 3.05) is 5.75 Å². The van der Waals surface area contributed by atoms with Crippen LogP contribution >= 0.6 is 11.6 Å². The second-order valence-corrected chi connectivity index (χ2v) is 7.21. The molecule has 1 heterocycles. The number of hydrogen-bond acceptors (Lipinski definition) is 6. The summed E-state index contributed by atoms with van der Waals surface area (Å²) in [5, 5.41) is 0.416. The highest BCUT2D eigenvalue weighted by Gasteiger charge is 2.39. The maximum atomic E-state index is 12.4. The van der Waals surface area contributed by atoms with E-state index in [1.807, 2.05) is 0 Å². The molecule has 2 rings (SSSR count). The van der Waals surface area contributed by atoms with Gasteiger partial charge in [0.05, 0.1) is 7.12 Å². The van der Waals surface area contributed by atoms with Crippen molar-refractivity contribution in [3.63, 3.8) is 0 Å². The molecule has 1 aliphatic heterocycles. The maximum Gasteiger partial charge on any atom is 0.309 e. The fourth-order valence-electron chi connectivity index (χ4n) is 1.86. The molecule has 2 N–H and O–H groups in total.